The number of rotatable bonds is 2. The van der Waals surface area contributed by atoms with Crippen LogP contribution in [0.3, 0.4) is 0 Å². The van der Waals surface area contributed by atoms with Crippen molar-refractivity contribution < 1.29 is 9.47 Å². The third-order valence-electron chi connectivity index (χ3n) is 2.32. The summed E-state index contributed by atoms with van der Waals surface area (Å²) in [4.78, 5) is 4.06. The lowest BCUT2D eigenvalue weighted by Gasteiger charge is -2.25. The molecular weight excluding hydrogens is 166 g/mol. The molecule has 2 heterocycles. The first-order valence-corrected chi connectivity index (χ1v) is 4.56. The number of hydrogen-bond acceptors (Lipinski definition) is 3. The summed E-state index contributed by atoms with van der Waals surface area (Å²) in [6.07, 6.45) is 4.37. The van der Waals surface area contributed by atoms with Gasteiger partial charge in [-0.3, -0.25) is 4.98 Å². The lowest BCUT2D eigenvalue weighted by molar-refractivity contribution is -0.167. The normalized spacial score (nSPS) is 20.4. The highest BCUT2D eigenvalue weighted by Gasteiger charge is 2.36. The lowest BCUT2D eigenvalue weighted by Crippen LogP contribution is -2.25. The van der Waals surface area contributed by atoms with E-state index in [0.29, 0.717) is 13.2 Å². The molecule has 0 aliphatic carbocycles. The zero-order valence-electron chi connectivity index (χ0n) is 7.69. The van der Waals surface area contributed by atoms with Crippen LogP contribution in [0.5, 0.6) is 0 Å². The molecule has 0 saturated carbocycles. The fourth-order valence-corrected chi connectivity index (χ4v) is 1.62. The molecule has 0 atom stereocenters. The van der Waals surface area contributed by atoms with Crippen LogP contribution in [0.4, 0.5) is 0 Å². The molecule has 3 heteroatoms. The third kappa shape index (κ3) is 1.45. The maximum Gasteiger partial charge on any atom is 0.196 e. The van der Waals surface area contributed by atoms with Crippen LogP contribution < -0.4 is 0 Å². The van der Waals surface area contributed by atoms with Gasteiger partial charge in [0.1, 0.15) is 0 Å². The summed E-state index contributed by atoms with van der Waals surface area (Å²) in [6, 6.07) is 3.89. The van der Waals surface area contributed by atoms with Gasteiger partial charge in [-0.05, 0) is 6.07 Å². The summed E-state index contributed by atoms with van der Waals surface area (Å²) in [5.74, 6) is -0.533. The molecule has 0 radical (unpaired) electrons. The van der Waals surface area contributed by atoms with Gasteiger partial charge in [0, 0.05) is 24.4 Å². The molecule has 2 rings (SSSR count). The Bertz CT molecular complexity index is 268. The Balaban J connectivity index is 2.31. The Hall–Kier alpha value is -0.930. The van der Waals surface area contributed by atoms with E-state index in [2.05, 4.69) is 11.9 Å². The molecule has 70 valence electrons. The number of pyridine rings is 1. The van der Waals surface area contributed by atoms with Crippen LogP contribution in [0.2, 0.25) is 0 Å². The smallest absolute Gasteiger partial charge is 0.196 e. The van der Waals surface area contributed by atoms with Gasteiger partial charge < -0.3 is 9.47 Å². The van der Waals surface area contributed by atoms with Crippen molar-refractivity contribution in [3.63, 3.8) is 0 Å². The highest BCUT2D eigenvalue weighted by atomic mass is 16.7. The lowest BCUT2D eigenvalue weighted by atomic mass is 10.1. The van der Waals surface area contributed by atoms with Crippen molar-refractivity contribution in [1.82, 2.24) is 4.98 Å². The molecule has 0 bridgehead atoms. The fraction of sp³-hybridized carbons (Fsp3) is 0.500. The zero-order valence-corrected chi connectivity index (χ0v) is 7.69. The Morgan fingerprint density at radius 2 is 2.23 bits per heavy atom. The molecule has 0 N–H and O–H groups in total. The van der Waals surface area contributed by atoms with E-state index in [1.807, 2.05) is 12.1 Å². The second-order valence-corrected chi connectivity index (χ2v) is 3.05. The molecule has 1 aromatic heterocycles. The molecular formula is C10H13NO2. The van der Waals surface area contributed by atoms with Crippen molar-refractivity contribution in [2.75, 3.05) is 13.2 Å². The SMILES string of the molecule is CCC1(c2cccnc2)OCCO1. The topological polar surface area (TPSA) is 31.4 Å². The van der Waals surface area contributed by atoms with E-state index < -0.39 is 5.79 Å². The van der Waals surface area contributed by atoms with Gasteiger partial charge in [0.2, 0.25) is 0 Å². The predicted octanol–water partition coefficient (Wildman–Crippen LogP) is 1.69. The summed E-state index contributed by atoms with van der Waals surface area (Å²) in [6.45, 7) is 3.39. The van der Waals surface area contributed by atoms with Gasteiger partial charge in [-0.15, -0.1) is 0 Å². The van der Waals surface area contributed by atoms with Crippen LogP contribution in [0.25, 0.3) is 0 Å². The van der Waals surface area contributed by atoms with Crippen molar-refractivity contribution in [1.29, 1.82) is 0 Å². The van der Waals surface area contributed by atoms with E-state index in [4.69, 9.17) is 9.47 Å². The van der Waals surface area contributed by atoms with Crippen molar-refractivity contribution in [2.24, 2.45) is 0 Å². The van der Waals surface area contributed by atoms with Crippen molar-refractivity contribution in [3.05, 3.63) is 30.1 Å². The Labute approximate surface area is 77.7 Å². The average molecular weight is 179 g/mol. The van der Waals surface area contributed by atoms with Crippen LogP contribution in [-0.4, -0.2) is 18.2 Å². The summed E-state index contributed by atoms with van der Waals surface area (Å²) < 4.78 is 11.2. The Kier molecular flexibility index (Phi) is 2.29. The zero-order chi connectivity index (χ0) is 9.15. The van der Waals surface area contributed by atoms with E-state index in [-0.39, 0.29) is 0 Å². The van der Waals surface area contributed by atoms with Crippen LogP contribution in [-0.2, 0) is 15.3 Å². The first kappa shape index (κ1) is 8.66. The van der Waals surface area contributed by atoms with E-state index in [1.54, 1.807) is 12.4 Å². The molecule has 1 saturated heterocycles. The maximum absolute atomic E-state index is 5.61. The molecule has 3 nitrogen and oxygen atoms in total. The van der Waals surface area contributed by atoms with Gasteiger partial charge in [0.15, 0.2) is 5.79 Å². The average Bonchev–Trinajstić information content (AvgIpc) is 2.69. The molecule has 13 heavy (non-hydrogen) atoms. The van der Waals surface area contributed by atoms with E-state index in [9.17, 15) is 0 Å². The minimum absolute atomic E-state index is 0.533. The molecule has 1 aromatic rings. The standard InChI is InChI=1S/C10H13NO2/c1-2-10(12-6-7-13-10)9-4-3-5-11-8-9/h3-5,8H,2,6-7H2,1H3. The predicted molar refractivity (Wildman–Crippen MR) is 48.1 cm³/mol. The van der Waals surface area contributed by atoms with Gasteiger partial charge in [-0.2, -0.15) is 0 Å². The first-order valence-electron chi connectivity index (χ1n) is 4.56. The molecule has 1 aliphatic heterocycles. The van der Waals surface area contributed by atoms with Crippen LogP contribution in [0.1, 0.15) is 18.9 Å². The van der Waals surface area contributed by atoms with E-state index in [1.165, 1.54) is 0 Å². The molecule has 0 aromatic carbocycles. The van der Waals surface area contributed by atoms with Crippen molar-refractivity contribution in [3.8, 4) is 0 Å². The molecule has 1 aliphatic rings. The second-order valence-electron chi connectivity index (χ2n) is 3.05. The van der Waals surface area contributed by atoms with Crippen LogP contribution in [0.15, 0.2) is 24.5 Å². The maximum atomic E-state index is 5.61. The van der Waals surface area contributed by atoms with E-state index >= 15 is 0 Å². The number of nitrogens with zero attached hydrogens (tertiary/aromatic N) is 1. The van der Waals surface area contributed by atoms with Gasteiger partial charge >= 0.3 is 0 Å². The van der Waals surface area contributed by atoms with Crippen molar-refractivity contribution in [2.45, 2.75) is 19.1 Å². The largest absolute Gasteiger partial charge is 0.343 e. The number of ether oxygens (including phenoxy) is 2. The second kappa shape index (κ2) is 3.44. The quantitative estimate of drug-likeness (QED) is 0.692. The van der Waals surface area contributed by atoms with Gasteiger partial charge in [-0.25, -0.2) is 0 Å². The molecule has 0 spiro atoms. The van der Waals surface area contributed by atoms with Crippen molar-refractivity contribution >= 4 is 0 Å². The summed E-state index contributed by atoms with van der Waals surface area (Å²) >= 11 is 0. The minimum Gasteiger partial charge on any atom is -0.343 e. The fourth-order valence-electron chi connectivity index (χ4n) is 1.62. The highest BCUT2D eigenvalue weighted by molar-refractivity contribution is 5.16. The molecule has 0 amide bonds. The summed E-state index contributed by atoms with van der Waals surface area (Å²) in [5.41, 5.74) is 1.01. The van der Waals surface area contributed by atoms with Gasteiger partial charge in [0.05, 0.1) is 13.2 Å². The van der Waals surface area contributed by atoms with E-state index in [0.717, 1.165) is 12.0 Å². The molecule has 1 fully saturated rings. The summed E-state index contributed by atoms with van der Waals surface area (Å²) in [5, 5.41) is 0. The highest BCUT2D eigenvalue weighted by Crippen LogP contribution is 2.33. The van der Waals surface area contributed by atoms with Gasteiger partial charge in [-0.1, -0.05) is 13.0 Å². The van der Waals surface area contributed by atoms with Crippen LogP contribution in [0, 0.1) is 0 Å². The molecule has 0 unspecified atom stereocenters. The third-order valence-corrected chi connectivity index (χ3v) is 2.32. The van der Waals surface area contributed by atoms with Crippen LogP contribution >= 0.6 is 0 Å². The monoisotopic (exact) mass is 179 g/mol. The number of hydrogen-bond donors (Lipinski definition) is 0. The first-order chi connectivity index (χ1) is 6.37. The van der Waals surface area contributed by atoms with Gasteiger partial charge in [0.25, 0.3) is 0 Å². The number of aromatic nitrogens is 1. The minimum atomic E-state index is -0.533. The Morgan fingerprint density at radius 3 is 2.77 bits per heavy atom. The Morgan fingerprint density at radius 1 is 1.46 bits per heavy atom. The summed E-state index contributed by atoms with van der Waals surface area (Å²) in [7, 11) is 0.